The van der Waals surface area contributed by atoms with Gasteiger partial charge in [0.25, 0.3) is 11.2 Å². The first-order valence-electron chi connectivity index (χ1n) is 6.91. The fraction of sp³-hybridized carbons (Fsp3) is 0.538. The first-order valence-corrected chi connectivity index (χ1v) is 6.91. The molecule has 0 bridgehead atoms. The summed E-state index contributed by atoms with van der Waals surface area (Å²) in [4.78, 5) is 35.5. The van der Waals surface area contributed by atoms with Gasteiger partial charge in [0.1, 0.15) is 0 Å². The number of pyridine rings is 1. The van der Waals surface area contributed by atoms with Crippen molar-refractivity contribution in [2.75, 3.05) is 26.2 Å². The van der Waals surface area contributed by atoms with Crippen molar-refractivity contribution < 1.29 is 9.72 Å². The number of piperazine rings is 1. The molecular formula is C13H18N4O4. The summed E-state index contributed by atoms with van der Waals surface area (Å²) >= 11 is 0. The van der Waals surface area contributed by atoms with Crippen LogP contribution in [0.1, 0.15) is 12.8 Å². The lowest BCUT2D eigenvalue weighted by Crippen LogP contribution is -2.46. The van der Waals surface area contributed by atoms with Gasteiger partial charge in [-0.25, -0.2) is 0 Å². The van der Waals surface area contributed by atoms with E-state index in [0.29, 0.717) is 32.5 Å². The molecule has 1 N–H and O–H groups in total. The molecule has 1 amide bonds. The Hall–Kier alpha value is -2.22. The number of carbonyl (C=O) groups is 1. The highest BCUT2D eigenvalue weighted by molar-refractivity contribution is 5.76. The minimum Gasteiger partial charge on any atom is -0.340 e. The van der Waals surface area contributed by atoms with E-state index in [-0.39, 0.29) is 17.2 Å². The molecule has 1 aromatic heterocycles. The van der Waals surface area contributed by atoms with Gasteiger partial charge < -0.3 is 14.8 Å². The lowest BCUT2D eigenvalue weighted by atomic mass is 10.2. The Kier molecular flexibility index (Phi) is 5.04. The standard InChI is InChI=1S/C13H18N4O4/c18-12(15-8-5-14-6-9-15)2-1-7-16-10-11(17(20)21)3-4-13(16)19/h3-4,10,14H,1-2,5-9H2. The van der Waals surface area contributed by atoms with Crippen LogP contribution in [0.3, 0.4) is 0 Å². The van der Waals surface area contributed by atoms with Gasteiger partial charge >= 0.3 is 0 Å². The highest BCUT2D eigenvalue weighted by Crippen LogP contribution is 2.07. The normalized spacial score (nSPS) is 15.0. The van der Waals surface area contributed by atoms with Crippen molar-refractivity contribution in [1.29, 1.82) is 0 Å². The first kappa shape index (κ1) is 15.2. The predicted octanol–water partition coefficient (Wildman–Crippen LogP) is -0.0315. The number of nitrogens with one attached hydrogen (secondary N) is 1. The summed E-state index contributed by atoms with van der Waals surface area (Å²) in [6, 6.07) is 2.36. The third kappa shape index (κ3) is 4.12. The number of nitro groups is 1. The van der Waals surface area contributed by atoms with Gasteiger partial charge in [-0.05, 0) is 6.42 Å². The Labute approximate surface area is 121 Å². The van der Waals surface area contributed by atoms with E-state index in [9.17, 15) is 19.7 Å². The molecule has 1 fully saturated rings. The molecule has 0 radical (unpaired) electrons. The van der Waals surface area contributed by atoms with Crippen molar-refractivity contribution >= 4 is 11.6 Å². The molecule has 0 aliphatic carbocycles. The SMILES string of the molecule is O=C(CCCn1cc([N+](=O)[O-])ccc1=O)N1CCNCC1. The van der Waals surface area contributed by atoms with Crippen molar-refractivity contribution in [3.05, 3.63) is 38.8 Å². The van der Waals surface area contributed by atoms with Crippen LogP contribution in [0.4, 0.5) is 5.69 Å². The number of aryl methyl sites for hydroxylation is 1. The number of carbonyl (C=O) groups excluding carboxylic acids is 1. The molecule has 0 unspecified atom stereocenters. The first-order chi connectivity index (χ1) is 10.1. The Morgan fingerprint density at radius 3 is 2.71 bits per heavy atom. The van der Waals surface area contributed by atoms with Crippen LogP contribution in [0.5, 0.6) is 0 Å². The molecule has 8 heteroatoms. The van der Waals surface area contributed by atoms with E-state index >= 15 is 0 Å². The molecule has 0 spiro atoms. The second kappa shape index (κ2) is 6.98. The number of rotatable bonds is 5. The van der Waals surface area contributed by atoms with Crippen molar-refractivity contribution in [3.8, 4) is 0 Å². The van der Waals surface area contributed by atoms with E-state index in [0.717, 1.165) is 13.1 Å². The van der Waals surface area contributed by atoms with Crippen LogP contribution >= 0.6 is 0 Å². The summed E-state index contributed by atoms with van der Waals surface area (Å²) in [6.07, 6.45) is 2.05. The van der Waals surface area contributed by atoms with Crippen LogP contribution in [0.15, 0.2) is 23.1 Å². The Morgan fingerprint density at radius 1 is 1.33 bits per heavy atom. The number of aromatic nitrogens is 1. The van der Waals surface area contributed by atoms with E-state index in [4.69, 9.17) is 0 Å². The van der Waals surface area contributed by atoms with Gasteiger partial charge in [-0.1, -0.05) is 0 Å². The lowest BCUT2D eigenvalue weighted by molar-refractivity contribution is -0.385. The second-order valence-electron chi connectivity index (χ2n) is 4.91. The molecule has 1 aromatic rings. The molecule has 21 heavy (non-hydrogen) atoms. The van der Waals surface area contributed by atoms with Crippen molar-refractivity contribution in [1.82, 2.24) is 14.8 Å². The van der Waals surface area contributed by atoms with Crippen LogP contribution in [-0.4, -0.2) is 46.5 Å². The van der Waals surface area contributed by atoms with E-state index < -0.39 is 4.92 Å². The van der Waals surface area contributed by atoms with Gasteiger partial charge in [0.2, 0.25) is 5.91 Å². The maximum Gasteiger partial charge on any atom is 0.285 e. The van der Waals surface area contributed by atoms with Gasteiger partial charge in [-0.3, -0.25) is 19.7 Å². The van der Waals surface area contributed by atoms with E-state index in [2.05, 4.69) is 5.32 Å². The topological polar surface area (TPSA) is 97.5 Å². The van der Waals surface area contributed by atoms with Crippen molar-refractivity contribution in [2.24, 2.45) is 0 Å². The maximum absolute atomic E-state index is 12.0. The smallest absolute Gasteiger partial charge is 0.285 e. The number of amides is 1. The zero-order valence-corrected chi connectivity index (χ0v) is 11.7. The third-order valence-corrected chi connectivity index (χ3v) is 3.44. The molecule has 1 aliphatic rings. The van der Waals surface area contributed by atoms with Gasteiger partial charge in [0, 0.05) is 51.3 Å². The molecule has 0 aromatic carbocycles. The van der Waals surface area contributed by atoms with Crippen molar-refractivity contribution in [3.63, 3.8) is 0 Å². The Balaban J connectivity index is 1.88. The molecule has 114 valence electrons. The minimum atomic E-state index is -0.540. The molecular weight excluding hydrogens is 276 g/mol. The van der Waals surface area contributed by atoms with Crippen LogP contribution < -0.4 is 10.9 Å². The monoisotopic (exact) mass is 294 g/mol. The zero-order chi connectivity index (χ0) is 15.2. The van der Waals surface area contributed by atoms with Crippen LogP contribution in [0.2, 0.25) is 0 Å². The predicted molar refractivity (Wildman–Crippen MR) is 76.0 cm³/mol. The molecule has 0 atom stereocenters. The van der Waals surface area contributed by atoms with Crippen LogP contribution in [-0.2, 0) is 11.3 Å². The Bertz CT molecular complexity index is 578. The third-order valence-electron chi connectivity index (χ3n) is 3.44. The average molecular weight is 294 g/mol. The van der Waals surface area contributed by atoms with E-state index in [1.807, 2.05) is 0 Å². The number of hydrogen-bond acceptors (Lipinski definition) is 5. The molecule has 1 aliphatic heterocycles. The molecule has 1 saturated heterocycles. The van der Waals surface area contributed by atoms with Gasteiger partial charge in [-0.15, -0.1) is 0 Å². The maximum atomic E-state index is 12.0. The van der Waals surface area contributed by atoms with Gasteiger partial charge in [-0.2, -0.15) is 0 Å². The minimum absolute atomic E-state index is 0.0648. The highest BCUT2D eigenvalue weighted by atomic mass is 16.6. The van der Waals surface area contributed by atoms with Gasteiger partial charge in [0.05, 0.1) is 11.1 Å². The van der Waals surface area contributed by atoms with Crippen molar-refractivity contribution in [2.45, 2.75) is 19.4 Å². The fourth-order valence-corrected chi connectivity index (χ4v) is 2.27. The zero-order valence-electron chi connectivity index (χ0n) is 11.7. The molecule has 0 saturated carbocycles. The van der Waals surface area contributed by atoms with E-state index in [1.165, 1.54) is 22.9 Å². The quantitative estimate of drug-likeness (QED) is 0.607. The molecule has 8 nitrogen and oxygen atoms in total. The second-order valence-corrected chi connectivity index (χ2v) is 4.91. The van der Waals surface area contributed by atoms with E-state index in [1.54, 1.807) is 4.90 Å². The summed E-state index contributed by atoms with van der Waals surface area (Å²) in [5, 5.41) is 13.8. The summed E-state index contributed by atoms with van der Waals surface area (Å²) in [5.74, 6) is 0.0648. The van der Waals surface area contributed by atoms with Crippen LogP contribution in [0.25, 0.3) is 0 Å². The summed E-state index contributed by atoms with van der Waals surface area (Å²) < 4.78 is 1.28. The van der Waals surface area contributed by atoms with Gasteiger partial charge in [0.15, 0.2) is 0 Å². The summed E-state index contributed by atoms with van der Waals surface area (Å²) in [6.45, 7) is 3.32. The lowest BCUT2D eigenvalue weighted by Gasteiger charge is -2.27. The fourth-order valence-electron chi connectivity index (χ4n) is 2.27. The summed E-state index contributed by atoms with van der Waals surface area (Å²) in [7, 11) is 0. The Morgan fingerprint density at radius 2 is 2.05 bits per heavy atom. The number of hydrogen-bond donors (Lipinski definition) is 1. The average Bonchev–Trinajstić information content (AvgIpc) is 2.49. The molecule has 2 heterocycles. The molecule has 2 rings (SSSR count). The number of nitrogens with zero attached hydrogens (tertiary/aromatic N) is 3. The highest BCUT2D eigenvalue weighted by Gasteiger charge is 2.15. The largest absolute Gasteiger partial charge is 0.340 e. The summed E-state index contributed by atoms with van der Waals surface area (Å²) in [5.41, 5.74) is -0.418. The van der Waals surface area contributed by atoms with Crippen LogP contribution in [0, 0.1) is 10.1 Å².